The number of hydrogen-bond acceptors (Lipinski definition) is 2. The number of nitrogens with zero attached hydrogens (tertiary/aromatic N) is 2. The Bertz CT molecular complexity index is 700. The van der Waals surface area contributed by atoms with E-state index in [1.165, 1.54) is 16.5 Å². The fourth-order valence-electron chi connectivity index (χ4n) is 2.41. The van der Waals surface area contributed by atoms with Gasteiger partial charge >= 0.3 is 0 Å². The van der Waals surface area contributed by atoms with E-state index < -0.39 is 0 Å². The van der Waals surface area contributed by atoms with Crippen LogP contribution in [0.25, 0.3) is 10.8 Å². The predicted octanol–water partition coefficient (Wildman–Crippen LogP) is 3.75. The molecule has 0 radical (unpaired) electrons. The van der Waals surface area contributed by atoms with Gasteiger partial charge in [-0.2, -0.15) is 5.10 Å². The van der Waals surface area contributed by atoms with Gasteiger partial charge in [0.25, 0.3) is 0 Å². The molecule has 3 heteroatoms. The molecule has 0 bridgehead atoms. The van der Waals surface area contributed by atoms with E-state index in [1.807, 2.05) is 24.0 Å². The lowest BCUT2D eigenvalue weighted by Crippen LogP contribution is -2.11. The Morgan fingerprint density at radius 2 is 1.84 bits per heavy atom. The molecule has 3 rings (SSSR count). The second-order valence-corrected chi connectivity index (χ2v) is 4.81. The summed E-state index contributed by atoms with van der Waals surface area (Å²) in [6.07, 6.45) is 1.83. The molecule has 3 nitrogen and oxygen atoms in total. The van der Waals surface area contributed by atoms with Crippen LogP contribution in [0.15, 0.2) is 54.7 Å². The minimum Gasteiger partial charge on any atom is -0.377 e. The molecular formula is C16H17N3. The lowest BCUT2D eigenvalue weighted by molar-refractivity contribution is 0.676. The standard InChI is InChI=1S/C16H17N3/c1-12(16-9-10-17-19(16)2)18-15-8-7-13-5-3-4-6-14(13)11-15/h3-12,18H,1-2H3. The van der Waals surface area contributed by atoms with Crippen molar-refractivity contribution in [1.29, 1.82) is 0 Å². The third-order valence-corrected chi connectivity index (χ3v) is 3.44. The monoisotopic (exact) mass is 251 g/mol. The Morgan fingerprint density at radius 3 is 2.58 bits per heavy atom. The largest absolute Gasteiger partial charge is 0.377 e. The van der Waals surface area contributed by atoms with Crippen LogP contribution in [-0.2, 0) is 7.05 Å². The zero-order valence-electron chi connectivity index (χ0n) is 11.2. The summed E-state index contributed by atoms with van der Waals surface area (Å²) in [5, 5.41) is 10.2. The molecule has 0 aliphatic heterocycles. The average molecular weight is 251 g/mol. The number of benzene rings is 2. The second kappa shape index (κ2) is 4.76. The third-order valence-electron chi connectivity index (χ3n) is 3.44. The summed E-state index contributed by atoms with van der Waals surface area (Å²) in [5.41, 5.74) is 2.31. The van der Waals surface area contributed by atoms with Gasteiger partial charge in [0.1, 0.15) is 0 Å². The highest BCUT2D eigenvalue weighted by atomic mass is 15.3. The average Bonchev–Trinajstić information content (AvgIpc) is 2.85. The molecule has 19 heavy (non-hydrogen) atoms. The molecule has 1 unspecified atom stereocenters. The Kier molecular flexibility index (Phi) is 2.95. The van der Waals surface area contributed by atoms with E-state index >= 15 is 0 Å². The minimum atomic E-state index is 0.230. The quantitative estimate of drug-likeness (QED) is 0.768. The number of aryl methyl sites for hydroxylation is 1. The molecule has 0 saturated carbocycles. The highest BCUT2D eigenvalue weighted by Crippen LogP contribution is 2.22. The first-order valence-corrected chi connectivity index (χ1v) is 6.47. The van der Waals surface area contributed by atoms with Gasteiger partial charge in [-0.05, 0) is 35.9 Å². The molecule has 0 aliphatic rings. The number of nitrogens with one attached hydrogen (secondary N) is 1. The predicted molar refractivity (Wildman–Crippen MR) is 79.2 cm³/mol. The summed E-state index contributed by atoms with van der Waals surface area (Å²) in [6.45, 7) is 2.15. The van der Waals surface area contributed by atoms with Gasteiger partial charge < -0.3 is 5.32 Å². The van der Waals surface area contributed by atoms with Crippen LogP contribution >= 0.6 is 0 Å². The van der Waals surface area contributed by atoms with Gasteiger partial charge in [0.2, 0.25) is 0 Å². The summed E-state index contributed by atoms with van der Waals surface area (Å²) >= 11 is 0. The summed E-state index contributed by atoms with van der Waals surface area (Å²) in [5.74, 6) is 0. The van der Waals surface area contributed by atoms with Gasteiger partial charge in [-0.25, -0.2) is 0 Å². The van der Waals surface area contributed by atoms with Crippen molar-refractivity contribution in [2.75, 3.05) is 5.32 Å². The molecule has 1 atom stereocenters. The lowest BCUT2D eigenvalue weighted by Gasteiger charge is -2.16. The highest BCUT2D eigenvalue weighted by molar-refractivity contribution is 5.85. The fourth-order valence-corrected chi connectivity index (χ4v) is 2.41. The molecule has 0 aliphatic carbocycles. The minimum absolute atomic E-state index is 0.230. The fraction of sp³-hybridized carbons (Fsp3) is 0.188. The van der Waals surface area contributed by atoms with Gasteiger partial charge in [0, 0.05) is 18.9 Å². The van der Waals surface area contributed by atoms with Crippen molar-refractivity contribution in [3.63, 3.8) is 0 Å². The van der Waals surface area contributed by atoms with Crippen molar-refractivity contribution in [3.05, 3.63) is 60.4 Å². The lowest BCUT2D eigenvalue weighted by atomic mass is 10.1. The molecular weight excluding hydrogens is 234 g/mol. The Labute approximate surface area is 112 Å². The van der Waals surface area contributed by atoms with Gasteiger partial charge in [-0.15, -0.1) is 0 Å². The molecule has 1 N–H and O–H groups in total. The zero-order valence-corrected chi connectivity index (χ0v) is 11.2. The highest BCUT2D eigenvalue weighted by Gasteiger charge is 2.09. The van der Waals surface area contributed by atoms with Gasteiger partial charge in [-0.3, -0.25) is 4.68 Å². The van der Waals surface area contributed by atoms with Crippen LogP contribution in [0.5, 0.6) is 0 Å². The van der Waals surface area contributed by atoms with Crippen molar-refractivity contribution < 1.29 is 0 Å². The van der Waals surface area contributed by atoms with E-state index in [2.05, 4.69) is 59.8 Å². The van der Waals surface area contributed by atoms with E-state index in [9.17, 15) is 0 Å². The normalized spacial score (nSPS) is 12.5. The topological polar surface area (TPSA) is 29.9 Å². The van der Waals surface area contributed by atoms with Crippen LogP contribution in [0.1, 0.15) is 18.7 Å². The van der Waals surface area contributed by atoms with Crippen molar-refractivity contribution in [3.8, 4) is 0 Å². The van der Waals surface area contributed by atoms with E-state index in [1.54, 1.807) is 0 Å². The molecule has 2 aromatic carbocycles. The molecule has 0 fully saturated rings. The molecule has 1 heterocycles. The van der Waals surface area contributed by atoms with Crippen LogP contribution in [0.4, 0.5) is 5.69 Å². The molecule has 3 aromatic rings. The Hall–Kier alpha value is -2.29. The molecule has 0 amide bonds. The van der Waals surface area contributed by atoms with E-state index in [0.717, 1.165) is 5.69 Å². The maximum atomic E-state index is 4.21. The van der Waals surface area contributed by atoms with Crippen molar-refractivity contribution in [2.24, 2.45) is 7.05 Å². The summed E-state index contributed by atoms with van der Waals surface area (Å²) < 4.78 is 1.90. The maximum absolute atomic E-state index is 4.21. The molecule has 0 saturated heterocycles. The van der Waals surface area contributed by atoms with Gasteiger partial charge in [0.15, 0.2) is 0 Å². The first kappa shape index (κ1) is 11.8. The number of anilines is 1. The SMILES string of the molecule is CC(Nc1ccc2ccccc2c1)c1ccnn1C. The molecule has 96 valence electrons. The van der Waals surface area contributed by atoms with Crippen LogP contribution in [0.2, 0.25) is 0 Å². The Morgan fingerprint density at radius 1 is 1.05 bits per heavy atom. The smallest absolute Gasteiger partial charge is 0.0653 e. The van der Waals surface area contributed by atoms with Crippen LogP contribution < -0.4 is 5.32 Å². The number of fused-ring (bicyclic) bond motifs is 1. The van der Waals surface area contributed by atoms with Crippen molar-refractivity contribution in [2.45, 2.75) is 13.0 Å². The number of rotatable bonds is 3. The molecule has 1 aromatic heterocycles. The van der Waals surface area contributed by atoms with Crippen LogP contribution in [0, 0.1) is 0 Å². The van der Waals surface area contributed by atoms with E-state index in [-0.39, 0.29) is 6.04 Å². The first-order chi connectivity index (χ1) is 9.24. The number of hydrogen-bond donors (Lipinski definition) is 1. The first-order valence-electron chi connectivity index (χ1n) is 6.47. The summed E-state index contributed by atoms with van der Waals surface area (Å²) in [4.78, 5) is 0. The van der Waals surface area contributed by atoms with Crippen molar-refractivity contribution >= 4 is 16.5 Å². The summed E-state index contributed by atoms with van der Waals surface area (Å²) in [7, 11) is 1.97. The van der Waals surface area contributed by atoms with Gasteiger partial charge in [0.05, 0.1) is 11.7 Å². The number of aromatic nitrogens is 2. The second-order valence-electron chi connectivity index (χ2n) is 4.81. The van der Waals surface area contributed by atoms with Crippen LogP contribution in [-0.4, -0.2) is 9.78 Å². The van der Waals surface area contributed by atoms with E-state index in [0.29, 0.717) is 0 Å². The third kappa shape index (κ3) is 2.32. The van der Waals surface area contributed by atoms with Gasteiger partial charge in [-0.1, -0.05) is 30.3 Å². The van der Waals surface area contributed by atoms with Crippen LogP contribution in [0.3, 0.4) is 0 Å². The Balaban J connectivity index is 1.87. The molecule has 0 spiro atoms. The maximum Gasteiger partial charge on any atom is 0.0653 e. The zero-order chi connectivity index (χ0) is 13.2. The van der Waals surface area contributed by atoms with E-state index in [4.69, 9.17) is 0 Å². The summed E-state index contributed by atoms with van der Waals surface area (Å²) in [6, 6.07) is 17.1. The van der Waals surface area contributed by atoms with Crippen molar-refractivity contribution in [1.82, 2.24) is 9.78 Å².